The fourth-order valence-electron chi connectivity index (χ4n) is 1.67. The molecule has 0 aliphatic rings. The Morgan fingerprint density at radius 2 is 1.94 bits per heavy atom. The number of benzene rings is 1. The molecule has 0 saturated heterocycles. The summed E-state index contributed by atoms with van der Waals surface area (Å²) in [5.41, 5.74) is 1.97. The molecule has 4 heteroatoms. The van der Waals surface area contributed by atoms with Crippen molar-refractivity contribution in [1.82, 2.24) is 4.90 Å². The van der Waals surface area contributed by atoms with Crippen LogP contribution in [-0.4, -0.2) is 41.7 Å². The molecule has 18 heavy (non-hydrogen) atoms. The van der Waals surface area contributed by atoms with Crippen molar-refractivity contribution in [2.75, 3.05) is 25.0 Å². The highest BCUT2D eigenvalue weighted by atomic mass is 16.3. The third kappa shape index (κ3) is 4.85. The van der Waals surface area contributed by atoms with Crippen LogP contribution in [0, 0.1) is 6.92 Å². The smallest absolute Gasteiger partial charge is 0.238 e. The van der Waals surface area contributed by atoms with Gasteiger partial charge in [0, 0.05) is 18.3 Å². The van der Waals surface area contributed by atoms with Crippen molar-refractivity contribution in [2.45, 2.75) is 26.8 Å². The molecule has 0 radical (unpaired) electrons. The first-order valence-corrected chi connectivity index (χ1v) is 6.24. The third-order valence-corrected chi connectivity index (χ3v) is 2.80. The second-order valence-corrected chi connectivity index (χ2v) is 4.70. The number of hydrogen-bond acceptors (Lipinski definition) is 3. The summed E-state index contributed by atoms with van der Waals surface area (Å²) in [5, 5.41) is 11.8. The van der Waals surface area contributed by atoms with Crippen molar-refractivity contribution in [3.05, 3.63) is 29.8 Å². The van der Waals surface area contributed by atoms with Gasteiger partial charge in [-0.05, 0) is 32.9 Å². The van der Waals surface area contributed by atoms with E-state index in [9.17, 15) is 4.79 Å². The molecule has 0 bridgehead atoms. The van der Waals surface area contributed by atoms with E-state index in [1.165, 1.54) is 0 Å². The third-order valence-electron chi connectivity index (χ3n) is 2.80. The molecule has 0 spiro atoms. The van der Waals surface area contributed by atoms with E-state index in [0.29, 0.717) is 13.1 Å². The van der Waals surface area contributed by atoms with Gasteiger partial charge < -0.3 is 10.4 Å². The maximum Gasteiger partial charge on any atom is 0.238 e. The highest BCUT2D eigenvalue weighted by Crippen LogP contribution is 2.08. The molecule has 4 nitrogen and oxygen atoms in total. The van der Waals surface area contributed by atoms with E-state index < -0.39 is 0 Å². The lowest BCUT2D eigenvalue weighted by Crippen LogP contribution is -2.39. The average Bonchev–Trinajstić information content (AvgIpc) is 2.31. The minimum atomic E-state index is -0.0546. The van der Waals surface area contributed by atoms with E-state index in [1.54, 1.807) is 0 Å². The van der Waals surface area contributed by atoms with Crippen LogP contribution in [0.5, 0.6) is 0 Å². The molecule has 0 aromatic heterocycles. The van der Waals surface area contributed by atoms with Gasteiger partial charge in [0.25, 0.3) is 0 Å². The maximum absolute atomic E-state index is 11.9. The van der Waals surface area contributed by atoms with Crippen LogP contribution >= 0.6 is 0 Å². The lowest BCUT2D eigenvalue weighted by molar-refractivity contribution is -0.117. The zero-order chi connectivity index (χ0) is 13.5. The second-order valence-electron chi connectivity index (χ2n) is 4.70. The van der Waals surface area contributed by atoms with Gasteiger partial charge in [0.1, 0.15) is 0 Å². The van der Waals surface area contributed by atoms with Gasteiger partial charge in [-0.15, -0.1) is 0 Å². The molecule has 1 aromatic carbocycles. The number of aryl methyl sites for hydroxylation is 1. The van der Waals surface area contributed by atoms with Crippen LogP contribution in [0.4, 0.5) is 5.69 Å². The van der Waals surface area contributed by atoms with E-state index in [2.05, 4.69) is 5.32 Å². The van der Waals surface area contributed by atoms with Crippen molar-refractivity contribution < 1.29 is 9.90 Å². The second kappa shape index (κ2) is 7.13. The van der Waals surface area contributed by atoms with Crippen molar-refractivity contribution in [2.24, 2.45) is 0 Å². The van der Waals surface area contributed by atoms with Gasteiger partial charge in [-0.1, -0.05) is 17.7 Å². The average molecular weight is 250 g/mol. The number of nitrogens with zero attached hydrogens (tertiary/aromatic N) is 1. The summed E-state index contributed by atoms with van der Waals surface area (Å²) in [7, 11) is 0. The summed E-state index contributed by atoms with van der Waals surface area (Å²) in [4.78, 5) is 13.8. The Bertz CT molecular complexity index is 374. The van der Waals surface area contributed by atoms with E-state index in [-0.39, 0.29) is 18.6 Å². The number of carbonyl (C=O) groups excluding carboxylic acids is 1. The molecule has 100 valence electrons. The lowest BCUT2D eigenvalue weighted by Gasteiger charge is -2.24. The normalized spacial score (nSPS) is 11.0. The predicted octanol–water partition coefficient (Wildman–Crippen LogP) is 1.64. The van der Waals surface area contributed by atoms with E-state index >= 15 is 0 Å². The highest BCUT2D eigenvalue weighted by molar-refractivity contribution is 5.92. The first-order chi connectivity index (χ1) is 8.52. The van der Waals surface area contributed by atoms with E-state index in [1.807, 2.05) is 49.9 Å². The molecular formula is C14H22N2O2. The quantitative estimate of drug-likeness (QED) is 0.807. The van der Waals surface area contributed by atoms with Crippen LogP contribution in [0.25, 0.3) is 0 Å². The zero-order valence-electron chi connectivity index (χ0n) is 11.3. The monoisotopic (exact) mass is 250 g/mol. The van der Waals surface area contributed by atoms with Crippen LogP contribution in [-0.2, 0) is 4.79 Å². The summed E-state index contributed by atoms with van der Waals surface area (Å²) >= 11 is 0. The predicted molar refractivity (Wildman–Crippen MR) is 73.6 cm³/mol. The van der Waals surface area contributed by atoms with Crippen molar-refractivity contribution >= 4 is 11.6 Å². The van der Waals surface area contributed by atoms with Gasteiger partial charge in [-0.2, -0.15) is 0 Å². The van der Waals surface area contributed by atoms with Gasteiger partial charge in [0.2, 0.25) is 5.91 Å². The fourth-order valence-corrected chi connectivity index (χ4v) is 1.67. The number of rotatable bonds is 6. The van der Waals surface area contributed by atoms with Crippen molar-refractivity contribution in [3.8, 4) is 0 Å². The molecule has 0 saturated carbocycles. The van der Waals surface area contributed by atoms with Gasteiger partial charge in [0.15, 0.2) is 0 Å². The molecule has 0 aliphatic carbocycles. The summed E-state index contributed by atoms with van der Waals surface area (Å²) < 4.78 is 0. The molecule has 0 heterocycles. The number of hydrogen-bond donors (Lipinski definition) is 2. The molecular weight excluding hydrogens is 228 g/mol. The van der Waals surface area contributed by atoms with Crippen LogP contribution in [0.2, 0.25) is 0 Å². The summed E-state index contributed by atoms with van der Waals surface area (Å²) in [6.07, 6.45) is 0. The van der Waals surface area contributed by atoms with Crippen LogP contribution < -0.4 is 5.32 Å². The molecule has 0 fully saturated rings. The summed E-state index contributed by atoms with van der Waals surface area (Å²) in [5.74, 6) is -0.0546. The minimum Gasteiger partial charge on any atom is -0.395 e. The summed E-state index contributed by atoms with van der Waals surface area (Å²) in [6.45, 7) is 6.90. The molecule has 0 atom stereocenters. The fraction of sp³-hybridized carbons (Fsp3) is 0.500. The first-order valence-electron chi connectivity index (χ1n) is 6.24. The van der Waals surface area contributed by atoms with Crippen LogP contribution in [0.1, 0.15) is 19.4 Å². The van der Waals surface area contributed by atoms with Crippen LogP contribution in [0.3, 0.4) is 0 Å². The Kier molecular flexibility index (Phi) is 5.82. The first kappa shape index (κ1) is 14.7. The topological polar surface area (TPSA) is 52.6 Å². The van der Waals surface area contributed by atoms with Gasteiger partial charge in [-0.25, -0.2) is 0 Å². The highest BCUT2D eigenvalue weighted by Gasteiger charge is 2.13. The van der Waals surface area contributed by atoms with Crippen LogP contribution in [0.15, 0.2) is 24.3 Å². The van der Waals surface area contributed by atoms with Gasteiger partial charge in [-0.3, -0.25) is 9.69 Å². The largest absolute Gasteiger partial charge is 0.395 e. The number of carbonyl (C=O) groups is 1. The summed E-state index contributed by atoms with van der Waals surface area (Å²) in [6, 6.07) is 7.94. The lowest BCUT2D eigenvalue weighted by atomic mass is 10.2. The number of nitrogens with one attached hydrogen (secondary N) is 1. The van der Waals surface area contributed by atoms with Crippen molar-refractivity contribution in [1.29, 1.82) is 0 Å². The Morgan fingerprint density at radius 1 is 1.33 bits per heavy atom. The number of aliphatic hydroxyl groups is 1. The molecule has 2 N–H and O–H groups in total. The Labute approximate surface area is 109 Å². The maximum atomic E-state index is 11.9. The molecule has 1 amide bonds. The molecule has 1 aromatic rings. The van der Waals surface area contributed by atoms with Gasteiger partial charge in [0.05, 0.1) is 13.2 Å². The molecule has 0 aliphatic heterocycles. The minimum absolute atomic E-state index is 0.0546. The van der Waals surface area contributed by atoms with E-state index in [0.717, 1.165) is 11.3 Å². The number of anilines is 1. The Morgan fingerprint density at radius 3 is 2.44 bits per heavy atom. The van der Waals surface area contributed by atoms with Gasteiger partial charge >= 0.3 is 0 Å². The SMILES string of the molecule is Cc1ccc(NC(=O)CN(CCO)C(C)C)cc1. The number of amides is 1. The van der Waals surface area contributed by atoms with E-state index in [4.69, 9.17) is 5.11 Å². The zero-order valence-corrected chi connectivity index (χ0v) is 11.3. The molecule has 1 rings (SSSR count). The number of aliphatic hydroxyl groups excluding tert-OH is 1. The Hall–Kier alpha value is -1.39. The standard InChI is InChI=1S/C14H22N2O2/c1-11(2)16(8-9-17)10-14(18)15-13-6-4-12(3)5-7-13/h4-7,11,17H,8-10H2,1-3H3,(H,15,18). The Balaban J connectivity index is 2.52. The molecule has 0 unspecified atom stereocenters. The van der Waals surface area contributed by atoms with Crippen molar-refractivity contribution in [3.63, 3.8) is 0 Å².